The Morgan fingerprint density at radius 3 is 2.89 bits per heavy atom. The van der Waals surface area contributed by atoms with Crippen LogP contribution in [0.4, 0.5) is 11.8 Å². The summed E-state index contributed by atoms with van der Waals surface area (Å²) in [5.74, 6) is 1.05. The van der Waals surface area contributed by atoms with Crippen molar-refractivity contribution in [2.24, 2.45) is 5.92 Å². The van der Waals surface area contributed by atoms with Crippen LogP contribution in [0, 0.1) is 5.92 Å². The van der Waals surface area contributed by atoms with Gasteiger partial charge in [0.25, 0.3) is 0 Å². The number of imidazole rings is 1. The summed E-state index contributed by atoms with van der Waals surface area (Å²) in [5, 5.41) is 3.16. The van der Waals surface area contributed by atoms with Gasteiger partial charge in [0.15, 0.2) is 11.5 Å². The van der Waals surface area contributed by atoms with Crippen LogP contribution in [0.1, 0.15) is 6.42 Å². The number of H-pyrrole nitrogens is 1. The fraction of sp³-hybridized carbons (Fsp3) is 0.444. The number of nitrogens with two attached hydrogens (primary N) is 1. The van der Waals surface area contributed by atoms with E-state index < -0.39 is 4.33 Å². The lowest BCUT2D eigenvalue weighted by Gasteiger charge is -2.06. The summed E-state index contributed by atoms with van der Waals surface area (Å²) in [6.07, 6.45) is 2.34. The van der Waals surface area contributed by atoms with Gasteiger partial charge in [-0.3, -0.25) is 0 Å². The van der Waals surface area contributed by atoms with Crippen LogP contribution in [0.5, 0.6) is 0 Å². The molecule has 0 aromatic carbocycles. The highest BCUT2D eigenvalue weighted by Gasteiger charge is 2.51. The van der Waals surface area contributed by atoms with E-state index in [4.69, 9.17) is 28.9 Å². The first-order chi connectivity index (χ1) is 8.06. The fourth-order valence-corrected chi connectivity index (χ4v) is 2.22. The molecule has 18 heavy (non-hydrogen) atoms. The number of alkyl halides is 2. The molecule has 1 aliphatic rings. The SMILES string of the molecule is I.Nc1nc(NCC2CC2(Cl)Cl)c2[nH]cnc2n1. The molecule has 2 aromatic heterocycles. The van der Waals surface area contributed by atoms with Gasteiger partial charge in [0.2, 0.25) is 5.95 Å². The maximum absolute atomic E-state index is 5.95. The molecule has 1 atom stereocenters. The summed E-state index contributed by atoms with van der Waals surface area (Å²) >= 11 is 11.9. The minimum Gasteiger partial charge on any atom is -0.368 e. The Hall–Kier alpha value is -0.540. The Morgan fingerprint density at radius 1 is 1.50 bits per heavy atom. The number of halogens is 3. The number of hydrogen-bond donors (Lipinski definition) is 3. The fourth-order valence-electron chi connectivity index (χ4n) is 1.69. The number of nitrogens with one attached hydrogen (secondary N) is 2. The third-order valence-corrected chi connectivity index (χ3v) is 3.70. The number of rotatable bonds is 3. The van der Waals surface area contributed by atoms with Crippen LogP contribution in [0.2, 0.25) is 0 Å². The molecule has 3 rings (SSSR count). The topological polar surface area (TPSA) is 92.5 Å². The van der Waals surface area contributed by atoms with Gasteiger partial charge in [-0.1, -0.05) is 0 Å². The van der Waals surface area contributed by atoms with Crippen LogP contribution in [0.15, 0.2) is 6.33 Å². The van der Waals surface area contributed by atoms with Crippen LogP contribution in [0.25, 0.3) is 11.2 Å². The number of nitrogen functional groups attached to an aromatic ring is 1. The smallest absolute Gasteiger partial charge is 0.224 e. The molecule has 0 radical (unpaired) electrons. The highest BCUT2D eigenvalue weighted by atomic mass is 127. The molecule has 0 spiro atoms. The zero-order valence-corrected chi connectivity index (χ0v) is 13.0. The van der Waals surface area contributed by atoms with E-state index in [1.54, 1.807) is 6.33 Å². The quantitative estimate of drug-likeness (QED) is 0.542. The van der Waals surface area contributed by atoms with Gasteiger partial charge in [0.05, 0.1) is 6.33 Å². The van der Waals surface area contributed by atoms with Crippen molar-refractivity contribution in [1.82, 2.24) is 19.9 Å². The Kier molecular flexibility index (Phi) is 3.75. The van der Waals surface area contributed by atoms with Gasteiger partial charge in [-0.25, -0.2) is 4.98 Å². The first-order valence-electron chi connectivity index (χ1n) is 5.14. The van der Waals surface area contributed by atoms with E-state index in [0.29, 0.717) is 18.0 Å². The molecule has 6 nitrogen and oxygen atoms in total. The molecule has 0 saturated heterocycles. The molecular weight excluding hydrogens is 390 g/mol. The van der Waals surface area contributed by atoms with Crippen molar-refractivity contribution in [2.45, 2.75) is 10.8 Å². The van der Waals surface area contributed by atoms with Gasteiger partial charge in [-0.2, -0.15) is 9.97 Å². The molecule has 1 fully saturated rings. The summed E-state index contributed by atoms with van der Waals surface area (Å²) < 4.78 is -0.599. The van der Waals surface area contributed by atoms with Gasteiger partial charge in [0, 0.05) is 12.5 Å². The van der Waals surface area contributed by atoms with Crippen molar-refractivity contribution >= 4 is 70.1 Å². The summed E-state index contributed by atoms with van der Waals surface area (Å²) in [6, 6.07) is 0. The molecule has 4 N–H and O–H groups in total. The van der Waals surface area contributed by atoms with E-state index in [-0.39, 0.29) is 35.8 Å². The molecule has 0 amide bonds. The van der Waals surface area contributed by atoms with Crippen molar-refractivity contribution in [2.75, 3.05) is 17.6 Å². The minimum absolute atomic E-state index is 0. The average Bonchev–Trinajstić information content (AvgIpc) is 2.69. The summed E-state index contributed by atoms with van der Waals surface area (Å²) in [4.78, 5) is 15.1. The molecule has 0 bridgehead atoms. The van der Waals surface area contributed by atoms with Crippen LogP contribution in [-0.4, -0.2) is 30.8 Å². The zero-order valence-electron chi connectivity index (χ0n) is 9.15. The standard InChI is InChI=1S/C9H10Cl2N6.HI/c10-9(11)1-4(9)2-13-6-5-7(15-3-14-5)17-8(12)16-6;/h3-4H,1-2H2,(H4,12,13,14,15,16,17);1H. The molecule has 9 heteroatoms. The van der Waals surface area contributed by atoms with E-state index in [9.17, 15) is 0 Å². The molecule has 1 unspecified atom stereocenters. The largest absolute Gasteiger partial charge is 0.368 e. The summed E-state index contributed by atoms with van der Waals surface area (Å²) in [7, 11) is 0. The highest BCUT2D eigenvalue weighted by Crippen LogP contribution is 2.52. The van der Waals surface area contributed by atoms with Gasteiger partial charge in [-0.15, -0.1) is 47.2 Å². The van der Waals surface area contributed by atoms with Crippen molar-refractivity contribution in [1.29, 1.82) is 0 Å². The van der Waals surface area contributed by atoms with Crippen LogP contribution in [0.3, 0.4) is 0 Å². The predicted molar refractivity (Wildman–Crippen MR) is 82.5 cm³/mol. The number of nitrogens with zero attached hydrogens (tertiary/aromatic N) is 3. The number of hydrogen-bond acceptors (Lipinski definition) is 5. The highest BCUT2D eigenvalue weighted by molar-refractivity contribution is 14.0. The average molecular weight is 401 g/mol. The molecule has 1 saturated carbocycles. The summed E-state index contributed by atoms with van der Waals surface area (Å²) in [6.45, 7) is 0.650. The molecule has 2 heterocycles. The first-order valence-corrected chi connectivity index (χ1v) is 5.90. The molecule has 2 aromatic rings. The maximum atomic E-state index is 5.95. The van der Waals surface area contributed by atoms with E-state index in [2.05, 4.69) is 25.3 Å². The lowest BCUT2D eigenvalue weighted by atomic mass is 10.4. The third-order valence-electron chi connectivity index (χ3n) is 2.77. The lowest BCUT2D eigenvalue weighted by molar-refractivity contribution is 0.870. The van der Waals surface area contributed by atoms with Gasteiger partial charge in [-0.05, 0) is 6.42 Å². The molecule has 98 valence electrons. The van der Waals surface area contributed by atoms with Gasteiger partial charge in [0.1, 0.15) is 9.85 Å². The number of fused-ring (bicyclic) bond motifs is 1. The van der Waals surface area contributed by atoms with E-state index >= 15 is 0 Å². The summed E-state index contributed by atoms with van der Waals surface area (Å²) in [5.41, 5.74) is 6.86. The van der Waals surface area contributed by atoms with Crippen LogP contribution >= 0.6 is 47.2 Å². The Balaban J connectivity index is 0.00000120. The van der Waals surface area contributed by atoms with Gasteiger partial charge < -0.3 is 16.0 Å². The van der Waals surface area contributed by atoms with E-state index in [1.165, 1.54) is 0 Å². The van der Waals surface area contributed by atoms with Crippen molar-refractivity contribution in [3.63, 3.8) is 0 Å². The number of aromatic amines is 1. The van der Waals surface area contributed by atoms with Crippen LogP contribution < -0.4 is 11.1 Å². The number of aromatic nitrogens is 4. The normalized spacial score (nSPS) is 20.4. The second-order valence-electron chi connectivity index (χ2n) is 4.07. The van der Waals surface area contributed by atoms with Gasteiger partial charge >= 0.3 is 0 Å². The number of anilines is 2. The van der Waals surface area contributed by atoms with Crippen molar-refractivity contribution in [3.8, 4) is 0 Å². The predicted octanol–water partition coefficient (Wildman–Crippen LogP) is 2.16. The molecule has 0 aliphatic heterocycles. The minimum atomic E-state index is -0.599. The van der Waals surface area contributed by atoms with Crippen LogP contribution in [-0.2, 0) is 0 Å². The molecule has 1 aliphatic carbocycles. The third kappa shape index (κ3) is 2.57. The maximum Gasteiger partial charge on any atom is 0.224 e. The lowest BCUT2D eigenvalue weighted by Crippen LogP contribution is -2.10. The zero-order chi connectivity index (χ0) is 12.0. The van der Waals surface area contributed by atoms with Crippen molar-refractivity contribution < 1.29 is 0 Å². The van der Waals surface area contributed by atoms with E-state index in [1.807, 2.05) is 0 Å². The second-order valence-corrected chi connectivity index (χ2v) is 5.62. The Morgan fingerprint density at radius 2 is 2.22 bits per heavy atom. The Bertz CT molecular complexity index is 571. The van der Waals surface area contributed by atoms with Crippen molar-refractivity contribution in [3.05, 3.63) is 6.33 Å². The second kappa shape index (κ2) is 4.86. The first kappa shape index (κ1) is 13.9. The van der Waals surface area contributed by atoms with E-state index in [0.717, 1.165) is 11.9 Å². The molecular formula is C9H11Cl2IN6. The monoisotopic (exact) mass is 400 g/mol. The Labute approximate surface area is 130 Å².